The zero-order valence-electron chi connectivity index (χ0n) is 10.4. The molecule has 1 N–H and O–H groups in total. The molecule has 8 heteroatoms. The number of rotatable bonds is 7. The second-order valence-corrected chi connectivity index (χ2v) is 4.10. The highest BCUT2D eigenvalue weighted by Gasteiger charge is 2.16. The van der Waals surface area contributed by atoms with Gasteiger partial charge in [0, 0.05) is 26.3 Å². The van der Waals surface area contributed by atoms with Gasteiger partial charge in [-0.25, -0.2) is 4.98 Å². The number of nitrogens with one attached hydrogen (secondary N) is 1. The highest BCUT2D eigenvalue weighted by molar-refractivity contribution is 6.32. The predicted molar refractivity (Wildman–Crippen MR) is 69.3 cm³/mol. The van der Waals surface area contributed by atoms with Gasteiger partial charge in [0.1, 0.15) is 11.3 Å². The van der Waals surface area contributed by atoms with E-state index >= 15 is 0 Å². The molecule has 0 fully saturated rings. The molecule has 0 aliphatic carbocycles. The summed E-state index contributed by atoms with van der Waals surface area (Å²) in [5.74, 6) is -0.474. The molecule has 1 rings (SSSR count). The molecule has 0 atom stereocenters. The van der Waals surface area contributed by atoms with Crippen molar-refractivity contribution in [2.45, 2.75) is 12.8 Å². The summed E-state index contributed by atoms with van der Waals surface area (Å²) in [4.78, 5) is 25.4. The van der Waals surface area contributed by atoms with Crippen LogP contribution >= 0.6 is 11.6 Å². The second kappa shape index (κ2) is 7.65. The summed E-state index contributed by atoms with van der Waals surface area (Å²) in [6.45, 7) is 1.07. The van der Waals surface area contributed by atoms with Crippen molar-refractivity contribution in [3.8, 4) is 0 Å². The molecule has 1 aromatic heterocycles. The Balaban J connectivity index is 2.61. The fraction of sp³-hybridized carbons (Fsp3) is 0.455. The Morgan fingerprint density at radius 3 is 2.95 bits per heavy atom. The zero-order valence-corrected chi connectivity index (χ0v) is 11.1. The summed E-state index contributed by atoms with van der Waals surface area (Å²) in [6, 6.07) is 1.11. The standard InChI is InChI=1S/C11H14ClN3O4/c1-19-5-3-2-4-13-11(16)9-6-8(15(17)18)7-14-10(9)12/h6-7H,2-5H2,1H3,(H,13,16). The number of nitrogens with zero attached hydrogens (tertiary/aromatic N) is 2. The number of carbonyl (C=O) groups is 1. The van der Waals surface area contributed by atoms with Crippen LogP contribution in [0.3, 0.4) is 0 Å². The summed E-state index contributed by atoms with van der Waals surface area (Å²) in [6.07, 6.45) is 2.58. The number of aromatic nitrogens is 1. The van der Waals surface area contributed by atoms with E-state index in [-0.39, 0.29) is 16.4 Å². The molecule has 0 bridgehead atoms. The lowest BCUT2D eigenvalue weighted by Crippen LogP contribution is -2.25. The smallest absolute Gasteiger partial charge is 0.288 e. The molecule has 0 saturated heterocycles. The van der Waals surface area contributed by atoms with E-state index in [4.69, 9.17) is 16.3 Å². The lowest BCUT2D eigenvalue weighted by Gasteiger charge is -2.06. The summed E-state index contributed by atoms with van der Waals surface area (Å²) < 4.78 is 4.88. The molecule has 1 heterocycles. The number of hydrogen-bond acceptors (Lipinski definition) is 5. The van der Waals surface area contributed by atoms with Crippen LogP contribution in [0.15, 0.2) is 12.3 Å². The van der Waals surface area contributed by atoms with Crippen LogP contribution in [-0.4, -0.2) is 36.1 Å². The number of nitro groups is 1. The Bertz CT molecular complexity index is 467. The van der Waals surface area contributed by atoms with Crippen molar-refractivity contribution in [3.05, 3.63) is 33.1 Å². The van der Waals surface area contributed by atoms with Crippen molar-refractivity contribution in [1.29, 1.82) is 0 Å². The molecule has 0 unspecified atom stereocenters. The molecule has 0 aliphatic rings. The first-order chi connectivity index (χ1) is 9.06. The highest BCUT2D eigenvalue weighted by atomic mass is 35.5. The average molecular weight is 288 g/mol. The summed E-state index contributed by atoms with van der Waals surface area (Å²) in [5.41, 5.74) is -0.267. The van der Waals surface area contributed by atoms with E-state index in [0.717, 1.165) is 25.1 Å². The molecule has 104 valence electrons. The maximum Gasteiger partial charge on any atom is 0.288 e. The van der Waals surface area contributed by atoms with Gasteiger partial charge in [0.2, 0.25) is 0 Å². The van der Waals surface area contributed by atoms with Crippen molar-refractivity contribution in [1.82, 2.24) is 10.3 Å². The van der Waals surface area contributed by atoms with Gasteiger partial charge in [-0.05, 0) is 12.8 Å². The van der Waals surface area contributed by atoms with Gasteiger partial charge in [-0.1, -0.05) is 11.6 Å². The molecule has 0 aliphatic heterocycles. The minimum Gasteiger partial charge on any atom is -0.385 e. The van der Waals surface area contributed by atoms with Crippen molar-refractivity contribution >= 4 is 23.2 Å². The molecule has 0 spiro atoms. The number of pyridine rings is 1. The number of methoxy groups -OCH3 is 1. The maximum absolute atomic E-state index is 11.8. The van der Waals surface area contributed by atoms with E-state index in [0.29, 0.717) is 13.2 Å². The molecule has 0 radical (unpaired) electrons. The minimum atomic E-state index is -0.626. The van der Waals surface area contributed by atoms with E-state index in [1.54, 1.807) is 7.11 Å². The highest BCUT2D eigenvalue weighted by Crippen LogP contribution is 2.18. The lowest BCUT2D eigenvalue weighted by atomic mass is 10.2. The van der Waals surface area contributed by atoms with E-state index in [2.05, 4.69) is 10.3 Å². The number of amides is 1. The van der Waals surface area contributed by atoms with E-state index in [1.165, 1.54) is 0 Å². The van der Waals surface area contributed by atoms with Crippen LogP contribution in [0.4, 0.5) is 5.69 Å². The average Bonchev–Trinajstić information content (AvgIpc) is 2.38. The Morgan fingerprint density at radius 2 is 2.32 bits per heavy atom. The molecular weight excluding hydrogens is 274 g/mol. The quantitative estimate of drug-likeness (QED) is 0.357. The largest absolute Gasteiger partial charge is 0.385 e. The monoisotopic (exact) mass is 287 g/mol. The Labute approximate surface area is 115 Å². The van der Waals surface area contributed by atoms with Gasteiger partial charge in [-0.3, -0.25) is 14.9 Å². The first kappa shape index (κ1) is 15.3. The topological polar surface area (TPSA) is 94.4 Å². The SMILES string of the molecule is COCCCCNC(=O)c1cc([N+](=O)[O-])cnc1Cl. The van der Waals surface area contributed by atoms with Crippen LogP contribution in [0.1, 0.15) is 23.2 Å². The van der Waals surface area contributed by atoms with Crippen LogP contribution in [-0.2, 0) is 4.74 Å². The van der Waals surface area contributed by atoms with Crippen molar-refractivity contribution in [3.63, 3.8) is 0 Å². The summed E-state index contributed by atoms with van der Waals surface area (Å²) in [5, 5.41) is 13.2. The Morgan fingerprint density at radius 1 is 1.58 bits per heavy atom. The summed E-state index contributed by atoms with van der Waals surface area (Å²) in [7, 11) is 1.60. The van der Waals surface area contributed by atoms with Crippen LogP contribution in [0.25, 0.3) is 0 Å². The van der Waals surface area contributed by atoms with Gasteiger partial charge in [0.15, 0.2) is 0 Å². The Hall–Kier alpha value is -1.73. The van der Waals surface area contributed by atoms with E-state index in [1.807, 2.05) is 0 Å². The van der Waals surface area contributed by atoms with Gasteiger partial charge in [0.25, 0.3) is 11.6 Å². The van der Waals surface area contributed by atoms with Crippen LogP contribution < -0.4 is 5.32 Å². The zero-order chi connectivity index (χ0) is 14.3. The molecule has 7 nitrogen and oxygen atoms in total. The number of carbonyl (C=O) groups excluding carboxylic acids is 1. The van der Waals surface area contributed by atoms with Crippen LogP contribution in [0, 0.1) is 10.1 Å². The predicted octanol–water partition coefficient (Wildman–Crippen LogP) is 1.80. The number of unbranched alkanes of at least 4 members (excludes halogenated alkanes) is 1. The second-order valence-electron chi connectivity index (χ2n) is 3.74. The third kappa shape index (κ3) is 4.80. The Kier molecular flexibility index (Phi) is 6.17. The molecular formula is C11H14ClN3O4. The van der Waals surface area contributed by atoms with Crippen molar-refractivity contribution < 1.29 is 14.5 Å². The number of halogens is 1. The first-order valence-electron chi connectivity index (χ1n) is 5.63. The van der Waals surface area contributed by atoms with Crippen LogP contribution in [0.5, 0.6) is 0 Å². The normalized spacial score (nSPS) is 10.2. The fourth-order valence-electron chi connectivity index (χ4n) is 1.36. The molecule has 0 aromatic carbocycles. The molecule has 1 aromatic rings. The molecule has 19 heavy (non-hydrogen) atoms. The summed E-state index contributed by atoms with van der Waals surface area (Å²) >= 11 is 5.74. The third-order valence-corrected chi connectivity index (χ3v) is 2.64. The fourth-order valence-corrected chi connectivity index (χ4v) is 1.55. The minimum absolute atomic E-state index is 0.00241. The van der Waals surface area contributed by atoms with E-state index < -0.39 is 10.8 Å². The van der Waals surface area contributed by atoms with Crippen molar-refractivity contribution in [2.75, 3.05) is 20.3 Å². The first-order valence-corrected chi connectivity index (χ1v) is 6.01. The lowest BCUT2D eigenvalue weighted by molar-refractivity contribution is -0.385. The van der Waals surface area contributed by atoms with Gasteiger partial charge in [-0.15, -0.1) is 0 Å². The third-order valence-electron chi connectivity index (χ3n) is 2.34. The van der Waals surface area contributed by atoms with Gasteiger partial charge in [-0.2, -0.15) is 0 Å². The maximum atomic E-state index is 11.8. The number of ether oxygens (including phenoxy) is 1. The van der Waals surface area contributed by atoms with Crippen molar-refractivity contribution in [2.24, 2.45) is 0 Å². The van der Waals surface area contributed by atoms with E-state index in [9.17, 15) is 14.9 Å². The van der Waals surface area contributed by atoms with Gasteiger partial charge < -0.3 is 10.1 Å². The van der Waals surface area contributed by atoms with Gasteiger partial charge >= 0.3 is 0 Å². The molecule has 1 amide bonds. The molecule has 0 saturated carbocycles. The van der Waals surface area contributed by atoms with Gasteiger partial charge in [0.05, 0.1) is 10.5 Å². The van der Waals surface area contributed by atoms with Crippen LogP contribution in [0.2, 0.25) is 5.15 Å². The number of hydrogen-bond donors (Lipinski definition) is 1.